The molecule has 3 heterocycles. The number of nitrogens with one attached hydrogen (secondary N) is 1. The number of nitrogens with zero attached hydrogens (tertiary/aromatic N) is 5. The molecule has 0 unspecified atom stereocenters. The van der Waals surface area contributed by atoms with Crippen LogP contribution in [0.4, 0.5) is 6.01 Å². The van der Waals surface area contributed by atoms with Crippen molar-refractivity contribution < 1.29 is 9.21 Å². The molecule has 2 aliphatic carbocycles. The van der Waals surface area contributed by atoms with Crippen LogP contribution in [-0.4, -0.2) is 49.9 Å². The SMILES string of the molecule is C[C@@H](Nc1nnc(-c2ccc(C3CC3)c(-n3cccn3)c2)o1)C(=O)N1CCC2(CC1)CC2. The molecular weight excluding hydrogens is 404 g/mol. The Balaban J connectivity index is 1.16. The Labute approximate surface area is 187 Å². The van der Waals surface area contributed by atoms with Gasteiger partial charge in [0.05, 0.1) is 5.69 Å². The Hall–Kier alpha value is -3.16. The molecule has 3 fully saturated rings. The van der Waals surface area contributed by atoms with Crippen LogP contribution in [0.2, 0.25) is 0 Å². The molecule has 1 saturated heterocycles. The number of hydrogen-bond donors (Lipinski definition) is 1. The molecule has 166 valence electrons. The van der Waals surface area contributed by atoms with Gasteiger partial charge in [-0.1, -0.05) is 11.2 Å². The zero-order chi connectivity index (χ0) is 21.7. The maximum atomic E-state index is 12.9. The number of hydrogen-bond acceptors (Lipinski definition) is 6. The lowest BCUT2D eigenvalue weighted by Crippen LogP contribution is -2.45. The van der Waals surface area contributed by atoms with Gasteiger partial charge in [-0.25, -0.2) is 4.68 Å². The molecule has 1 aromatic carbocycles. The molecule has 0 radical (unpaired) electrons. The van der Waals surface area contributed by atoms with Crippen LogP contribution in [0, 0.1) is 5.41 Å². The number of piperidine rings is 1. The fraction of sp³-hybridized carbons (Fsp3) is 0.500. The van der Waals surface area contributed by atoms with Crippen LogP contribution in [0.1, 0.15) is 56.9 Å². The highest BCUT2D eigenvalue weighted by Gasteiger charge is 2.45. The second-order valence-electron chi connectivity index (χ2n) is 9.60. The zero-order valence-corrected chi connectivity index (χ0v) is 18.3. The van der Waals surface area contributed by atoms with Gasteiger partial charge in [-0.15, -0.1) is 5.10 Å². The Bertz CT molecular complexity index is 1120. The normalized spacial score (nSPS) is 20.3. The molecule has 1 aliphatic heterocycles. The third-order valence-electron chi connectivity index (χ3n) is 7.27. The summed E-state index contributed by atoms with van der Waals surface area (Å²) in [6.07, 6.45) is 11.1. The molecule has 1 amide bonds. The summed E-state index contributed by atoms with van der Waals surface area (Å²) in [7, 11) is 0. The molecule has 1 N–H and O–H groups in total. The number of carbonyl (C=O) groups excluding carboxylic acids is 1. The highest BCUT2D eigenvalue weighted by molar-refractivity contribution is 5.83. The lowest BCUT2D eigenvalue weighted by atomic mass is 9.93. The number of benzene rings is 1. The van der Waals surface area contributed by atoms with Crippen LogP contribution in [0.25, 0.3) is 17.1 Å². The van der Waals surface area contributed by atoms with Gasteiger partial charge in [0.2, 0.25) is 11.8 Å². The first-order valence-corrected chi connectivity index (χ1v) is 11.6. The summed E-state index contributed by atoms with van der Waals surface area (Å²) in [6.45, 7) is 3.56. The van der Waals surface area contributed by atoms with Gasteiger partial charge in [0, 0.05) is 31.0 Å². The van der Waals surface area contributed by atoms with Crippen molar-refractivity contribution in [3.63, 3.8) is 0 Å². The van der Waals surface area contributed by atoms with Gasteiger partial charge < -0.3 is 14.6 Å². The Kier molecular flexibility index (Phi) is 4.55. The van der Waals surface area contributed by atoms with Crippen LogP contribution in [-0.2, 0) is 4.79 Å². The van der Waals surface area contributed by atoms with E-state index in [-0.39, 0.29) is 11.9 Å². The highest BCUT2D eigenvalue weighted by Crippen LogP contribution is 2.53. The number of likely N-dealkylation sites (tertiary alicyclic amines) is 1. The van der Waals surface area contributed by atoms with E-state index in [1.165, 1.54) is 31.2 Å². The molecular formula is C24H28N6O2. The Morgan fingerprint density at radius 1 is 1.19 bits per heavy atom. The number of anilines is 1. The first-order chi connectivity index (χ1) is 15.6. The van der Waals surface area contributed by atoms with E-state index in [4.69, 9.17) is 4.42 Å². The van der Waals surface area contributed by atoms with E-state index >= 15 is 0 Å². The zero-order valence-electron chi connectivity index (χ0n) is 18.3. The van der Waals surface area contributed by atoms with Crippen LogP contribution < -0.4 is 5.32 Å². The average molecular weight is 433 g/mol. The largest absolute Gasteiger partial charge is 0.403 e. The van der Waals surface area contributed by atoms with Crippen molar-refractivity contribution in [1.29, 1.82) is 0 Å². The summed E-state index contributed by atoms with van der Waals surface area (Å²) >= 11 is 0. The van der Waals surface area contributed by atoms with E-state index < -0.39 is 6.04 Å². The van der Waals surface area contributed by atoms with Crippen molar-refractivity contribution in [1.82, 2.24) is 24.9 Å². The number of carbonyl (C=O) groups is 1. The molecule has 1 spiro atoms. The highest BCUT2D eigenvalue weighted by atomic mass is 16.4. The lowest BCUT2D eigenvalue weighted by molar-refractivity contribution is -0.133. The molecule has 2 saturated carbocycles. The monoisotopic (exact) mass is 432 g/mol. The molecule has 8 nitrogen and oxygen atoms in total. The van der Waals surface area contributed by atoms with Gasteiger partial charge in [0.25, 0.3) is 0 Å². The van der Waals surface area contributed by atoms with Crippen LogP contribution in [0.15, 0.2) is 41.1 Å². The lowest BCUT2D eigenvalue weighted by Gasteiger charge is -2.33. The summed E-state index contributed by atoms with van der Waals surface area (Å²) in [5, 5.41) is 15.9. The van der Waals surface area contributed by atoms with Gasteiger partial charge in [0.15, 0.2) is 0 Å². The fourth-order valence-electron chi connectivity index (χ4n) is 4.82. The maximum absolute atomic E-state index is 12.9. The average Bonchev–Trinajstić information content (AvgIpc) is 3.68. The summed E-state index contributed by atoms with van der Waals surface area (Å²) in [6, 6.07) is 7.98. The maximum Gasteiger partial charge on any atom is 0.316 e. The first kappa shape index (κ1) is 19.5. The predicted octanol–water partition coefficient (Wildman–Crippen LogP) is 4.00. The number of rotatable bonds is 6. The Morgan fingerprint density at radius 3 is 2.69 bits per heavy atom. The van der Waals surface area contributed by atoms with Gasteiger partial charge in [-0.2, -0.15) is 5.10 Å². The van der Waals surface area contributed by atoms with E-state index in [1.54, 1.807) is 6.20 Å². The van der Waals surface area contributed by atoms with Crippen molar-refractivity contribution >= 4 is 11.9 Å². The van der Waals surface area contributed by atoms with Crippen molar-refractivity contribution in [2.75, 3.05) is 18.4 Å². The van der Waals surface area contributed by atoms with Crippen molar-refractivity contribution in [3.8, 4) is 17.1 Å². The van der Waals surface area contributed by atoms with Crippen molar-refractivity contribution in [3.05, 3.63) is 42.2 Å². The van der Waals surface area contributed by atoms with E-state index in [0.717, 1.165) is 37.2 Å². The molecule has 6 rings (SSSR count). The minimum absolute atomic E-state index is 0.0926. The van der Waals surface area contributed by atoms with Crippen molar-refractivity contribution in [2.24, 2.45) is 5.41 Å². The minimum atomic E-state index is -0.409. The predicted molar refractivity (Wildman–Crippen MR) is 119 cm³/mol. The Morgan fingerprint density at radius 2 is 2.00 bits per heavy atom. The molecule has 0 bridgehead atoms. The van der Waals surface area contributed by atoms with Crippen molar-refractivity contribution in [2.45, 2.75) is 57.4 Å². The summed E-state index contributed by atoms with van der Waals surface area (Å²) in [4.78, 5) is 14.8. The van der Waals surface area contributed by atoms with E-state index in [1.807, 2.05) is 40.9 Å². The second kappa shape index (κ2) is 7.46. The van der Waals surface area contributed by atoms with Gasteiger partial charge >= 0.3 is 6.01 Å². The summed E-state index contributed by atoms with van der Waals surface area (Å²) in [5.74, 6) is 1.12. The number of amides is 1. The third kappa shape index (κ3) is 3.67. The van der Waals surface area contributed by atoms with Crippen LogP contribution >= 0.6 is 0 Å². The van der Waals surface area contributed by atoms with Gasteiger partial charge in [-0.3, -0.25) is 4.79 Å². The third-order valence-corrected chi connectivity index (χ3v) is 7.27. The number of aromatic nitrogens is 4. The van der Waals surface area contributed by atoms with E-state index in [0.29, 0.717) is 17.2 Å². The van der Waals surface area contributed by atoms with Gasteiger partial charge in [0.1, 0.15) is 6.04 Å². The standard InChI is InChI=1S/C24H28N6O2/c1-16(22(31)29-13-9-24(7-8-24)10-14-29)26-23-28-27-21(32-23)18-5-6-19(17-3-4-17)20(15-18)30-12-2-11-25-30/h2,5-6,11-12,15-17H,3-4,7-10,13-14H2,1H3,(H,26,28)/t16-/m1/s1. The van der Waals surface area contributed by atoms with Crippen LogP contribution in [0.3, 0.4) is 0 Å². The quantitative estimate of drug-likeness (QED) is 0.633. The topological polar surface area (TPSA) is 89.1 Å². The van der Waals surface area contributed by atoms with E-state index in [2.05, 4.69) is 26.7 Å². The fourth-order valence-corrected chi connectivity index (χ4v) is 4.82. The van der Waals surface area contributed by atoms with Gasteiger partial charge in [-0.05, 0) is 80.5 Å². The second-order valence-corrected chi connectivity index (χ2v) is 9.60. The molecule has 8 heteroatoms. The smallest absolute Gasteiger partial charge is 0.316 e. The summed E-state index contributed by atoms with van der Waals surface area (Å²) < 4.78 is 7.76. The molecule has 3 aliphatic rings. The first-order valence-electron chi connectivity index (χ1n) is 11.6. The van der Waals surface area contributed by atoms with Crippen LogP contribution in [0.5, 0.6) is 0 Å². The van der Waals surface area contributed by atoms with E-state index in [9.17, 15) is 4.79 Å². The molecule has 3 aromatic rings. The molecule has 32 heavy (non-hydrogen) atoms. The molecule has 2 aromatic heterocycles. The molecule has 1 atom stereocenters. The summed E-state index contributed by atoms with van der Waals surface area (Å²) in [5.41, 5.74) is 3.73. The minimum Gasteiger partial charge on any atom is -0.403 e.